The molecule has 0 aliphatic heterocycles. The monoisotopic (exact) mass is 452 g/mol. The zero-order chi connectivity index (χ0) is 20.1. The molecular weight excluding hydrogens is 423 g/mol. The van der Waals surface area contributed by atoms with Crippen LogP contribution in [0.2, 0.25) is 0 Å². The van der Waals surface area contributed by atoms with E-state index >= 15 is 0 Å². The number of benzene rings is 2. The van der Waals surface area contributed by atoms with Gasteiger partial charge in [-0.05, 0) is 37.1 Å². The van der Waals surface area contributed by atoms with Crippen LogP contribution in [0.4, 0.5) is 0 Å². The molecule has 0 fully saturated rings. The van der Waals surface area contributed by atoms with Gasteiger partial charge in [-0.15, -0.1) is 24.8 Å². The topological polar surface area (TPSA) is 82.2 Å². The number of rotatable bonds is 8. The molecule has 3 rings (SSSR count). The lowest BCUT2D eigenvalue weighted by atomic mass is 9.88. The minimum absolute atomic E-state index is 0. The highest BCUT2D eigenvalue weighted by Crippen LogP contribution is 2.19. The number of ether oxygens (including phenoxy) is 1. The second-order valence-corrected chi connectivity index (χ2v) is 7.53. The van der Waals surface area contributed by atoms with Crippen LogP contribution in [-0.2, 0) is 17.9 Å². The SMILES string of the molecule is CC(C)C(C)(CN)NC(=O)Cn1c(COc2ccccc2)nc2ccccc21.Cl.Cl. The zero-order valence-electron chi connectivity index (χ0n) is 17.5. The summed E-state index contributed by atoms with van der Waals surface area (Å²) in [7, 11) is 0. The van der Waals surface area contributed by atoms with E-state index < -0.39 is 5.54 Å². The highest BCUT2D eigenvalue weighted by molar-refractivity contribution is 5.85. The van der Waals surface area contributed by atoms with Gasteiger partial charge in [0.15, 0.2) is 0 Å². The number of carbonyl (C=O) groups excluding carboxylic acids is 1. The van der Waals surface area contributed by atoms with Crippen LogP contribution in [0.1, 0.15) is 26.6 Å². The number of aromatic nitrogens is 2. The fourth-order valence-electron chi connectivity index (χ4n) is 3.01. The van der Waals surface area contributed by atoms with Crippen molar-refractivity contribution in [3.8, 4) is 5.75 Å². The van der Waals surface area contributed by atoms with Crippen LogP contribution in [0.3, 0.4) is 0 Å². The molecule has 0 saturated carbocycles. The molecule has 2 aromatic carbocycles. The molecule has 0 spiro atoms. The maximum absolute atomic E-state index is 12.8. The highest BCUT2D eigenvalue weighted by atomic mass is 35.5. The zero-order valence-corrected chi connectivity index (χ0v) is 19.1. The second kappa shape index (κ2) is 11.2. The Balaban J connectivity index is 0.00000225. The van der Waals surface area contributed by atoms with E-state index in [2.05, 4.69) is 24.1 Å². The number of nitrogens with zero attached hydrogens (tertiary/aromatic N) is 2. The molecule has 3 aromatic rings. The third-order valence-corrected chi connectivity index (χ3v) is 5.27. The molecule has 1 unspecified atom stereocenters. The molecule has 8 heteroatoms. The van der Waals surface area contributed by atoms with Crippen molar-refractivity contribution in [2.45, 2.75) is 39.5 Å². The molecule has 0 aliphatic carbocycles. The molecule has 3 N–H and O–H groups in total. The van der Waals surface area contributed by atoms with E-state index in [-0.39, 0.29) is 49.8 Å². The first-order valence-corrected chi connectivity index (χ1v) is 9.56. The summed E-state index contributed by atoms with van der Waals surface area (Å²) in [5.41, 5.74) is 7.20. The van der Waals surface area contributed by atoms with E-state index in [1.807, 2.05) is 66.1 Å². The van der Waals surface area contributed by atoms with Crippen molar-refractivity contribution < 1.29 is 9.53 Å². The first-order chi connectivity index (χ1) is 13.4. The normalized spacial score (nSPS) is 12.6. The van der Waals surface area contributed by atoms with Gasteiger partial charge in [0, 0.05) is 6.54 Å². The van der Waals surface area contributed by atoms with Gasteiger partial charge in [0.1, 0.15) is 24.7 Å². The van der Waals surface area contributed by atoms with Crippen LogP contribution < -0.4 is 15.8 Å². The number of halogens is 2. The smallest absolute Gasteiger partial charge is 0.240 e. The van der Waals surface area contributed by atoms with Gasteiger partial charge in [-0.3, -0.25) is 4.79 Å². The quantitative estimate of drug-likeness (QED) is 0.541. The van der Waals surface area contributed by atoms with Crippen molar-refractivity contribution >= 4 is 41.8 Å². The predicted molar refractivity (Wildman–Crippen MR) is 125 cm³/mol. The Morgan fingerprint density at radius 2 is 1.77 bits per heavy atom. The Bertz CT molecular complexity index is 947. The summed E-state index contributed by atoms with van der Waals surface area (Å²) in [6.07, 6.45) is 0. The molecule has 0 radical (unpaired) electrons. The molecule has 0 bridgehead atoms. The van der Waals surface area contributed by atoms with E-state index in [1.165, 1.54) is 0 Å². The Hall–Kier alpha value is -2.28. The molecule has 164 valence electrons. The minimum Gasteiger partial charge on any atom is -0.486 e. The van der Waals surface area contributed by atoms with Gasteiger partial charge >= 0.3 is 0 Å². The van der Waals surface area contributed by atoms with E-state index in [1.54, 1.807) is 0 Å². The molecule has 1 amide bonds. The number of fused-ring (bicyclic) bond motifs is 1. The second-order valence-electron chi connectivity index (χ2n) is 7.53. The molecule has 1 heterocycles. The van der Waals surface area contributed by atoms with Crippen molar-refractivity contribution in [3.05, 3.63) is 60.4 Å². The Labute approximate surface area is 190 Å². The van der Waals surface area contributed by atoms with Gasteiger partial charge in [-0.1, -0.05) is 44.2 Å². The van der Waals surface area contributed by atoms with Gasteiger partial charge < -0.3 is 20.4 Å². The molecule has 30 heavy (non-hydrogen) atoms. The number of nitrogens with two attached hydrogens (primary N) is 1. The maximum atomic E-state index is 12.8. The van der Waals surface area contributed by atoms with Crippen LogP contribution in [0.25, 0.3) is 11.0 Å². The van der Waals surface area contributed by atoms with Crippen LogP contribution in [0, 0.1) is 5.92 Å². The van der Waals surface area contributed by atoms with Gasteiger partial charge in [0.05, 0.1) is 16.6 Å². The number of imidazole rings is 1. The van der Waals surface area contributed by atoms with Crippen LogP contribution in [0.15, 0.2) is 54.6 Å². The lowest BCUT2D eigenvalue weighted by Crippen LogP contribution is -2.55. The summed E-state index contributed by atoms with van der Waals surface area (Å²) in [5.74, 6) is 1.60. The molecule has 6 nitrogen and oxygen atoms in total. The lowest BCUT2D eigenvalue weighted by Gasteiger charge is -2.33. The first kappa shape index (κ1) is 25.8. The predicted octanol–water partition coefficient (Wildman–Crippen LogP) is 3.95. The van der Waals surface area contributed by atoms with E-state index in [0.717, 1.165) is 16.8 Å². The molecule has 1 aromatic heterocycles. The number of carbonyl (C=O) groups is 1. The summed E-state index contributed by atoms with van der Waals surface area (Å²) in [5, 5.41) is 3.09. The van der Waals surface area contributed by atoms with Crippen molar-refractivity contribution in [2.75, 3.05) is 6.54 Å². The molecular formula is C22H30Cl2N4O2. The van der Waals surface area contributed by atoms with Crippen LogP contribution in [-0.4, -0.2) is 27.5 Å². The summed E-state index contributed by atoms with van der Waals surface area (Å²) < 4.78 is 7.78. The highest BCUT2D eigenvalue weighted by Gasteiger charge is 2.29. The van der Waals surface area contributed by atoms with Gasteiger partial charge in [-0.2, -0.15) is 0 Å². The number of hydrogen-bond acceptors (Lipinski definition) is 4. The summed E-state index contributed by atoms with van der Waals surface area (Å²) in [6, 6.07) is 17.4. The van der Waals surface area contributed by atoms with Crippen molar-refractivity contribution in [1.82, 2.24) is 14.9 Å². The first-order valence-electron chi connectivity index (χ1n) is 9.56. The Morgan fingerprint density at radius 1 is 1.13 bits per heavy atom. The number of nitrogens with one attached hydrogen (secondary N) is 1. The minimum atomic E-state index is -0.450. The molecule has 0 aliphatic rings. The molecule has 1 atom stereocenters. The largest absolute Gasteiger partial charge is 0.486 e. The number of amides is 1. The van der Waals surface area contributed by atoms with Crippen molar-refractivity contribution in [1.29, 1.82) is 0 Å². The van der Waals surface area contributed by atoms with E-state index in [9.17, 15) is 4.79 Å². The number of hydrogen-bond donors (Lipinski definition) is 2. The van der Waals surface area contributed by atoms with Crippen molar-refractivity contribution in [3.63, 3.8) is 0 Å². The summed E-state index contributed by atoms with van der Waals surface area (Å²) in [4.78, 5) is 17.5. The maximum Gasteiger partial charge on any atom is 0.240 e. The van der Waals surface area contributed by atoms with Crippen LogP contribution >= 0.6 is 24.8 Å². The van der Waals surface area contributed by atoms with Gasteiger partial charge in [0.2, 0.25) is 5.91 Å². The van der Waals surface area contributed by atoms with Gasteiger partial charge in [0.25, 0.3) is 0 Å². The van der Waals surface area contributed by atoms with Crippen molar-refractivity contribution in [2.24, 2.45) is 11.7 Å². The summed E-state index contributed by atoms with van der Waals surface area (Å²) in [6.45, 7) is 6.91. The Morgan fingerprint density at radius 3 is 2.40 bits per heavy atom. The standard InChI is InChI=1S/C22H28N4O2.2ClH/c1-16(2)22(3,15-23)25-21(27)13-26-19-12-8-7-11-18(19)24-20(26)14-28-17-9-5-4-6-10-17;;/h4-12,16H,13-15,23H2,1-3H3,(H,25,27);2*1H. The molecule has 0 saturated heterocycles. The third-order valence-electron chi connectivity index (χ3n) is 5.27. The average Bonchev–Trinajstić information content (AvgIpc) is 3.04. The fraction of sp³-hybridized carbons (Fsp3) is 0.364. The summed E-state index contributed by atoms with van der Waals surface area (Å²) >= 11 is 0. The number of para-hydroxylation sites is 3. The average molecular weight is 453 g/mol. The lowest BCUT2D eigenvalue weighted by molar-refractivity contribution is -0.123. The van der Waals surface area contributed by atoms with E-state index in [0.29, 0.717) is 12.4 Å². The third kappa shape index (κ3) is 5.88. The van der Waals surface area contributed by atoms with E-state index in [4.69, 9.17) is 10.5 Å². The van der Waals surface area contributed by atoms with Gasteiger partial charge in [-0.25, -0.2) is 4.98 Å². The van der Waals surface area contributed by atoms with Crippen LogP contribution in [0.5, 0.6) is 5.75 Å². The Kier molecular flexibility index (Phi) is 9.62. The fourth-order valence-corrected chi connectivity index (χ4v) is 3.01.